The normalized spacial score (nSPS) is 24.2. The van der Waals surface area contributed by atoms with E-state index in [1.54, 1.807) is 0 Å². The van der Waals surface area contributed by atoms with E-state index in [2.05, 4.69) is 16.8 Å². The van der Waals surface area contributed by atoms with Crippen molar-refractivity contribution in [3.05, 3.63) is 0 Å². The highest BCUT2D eigenvalue weighted by Gasteiger charge is 2.23. The molecule has 1 saturated heterocycles. The van der Waals surface area contributed by atoms with E-state index in [0.29, 0.717) is 0 Å². The predicted octanol–water partition coefficient (Wildman–Crippen LogP) is 1.53. The number of likely N-dealkylation sites (tertiary alicyclic amines) is 1. The minimum absolute atomic E-state index is 0.808. The molecule has 3 heteroatoms. The summed E-state index contributed by atoms with van der Waals surface area (Å²) in [5, 5.41) is 0. The molecular weight excluding hydrogens is 210 g/mol. The Morgan fingerprint density at radius 3 is 2.41 bits per heavy atom. The number of nitrogens with zero attached hydrogens (tertiary/aromatic N) is 2. The summed E-state index contributed by atoms with van der Waals surface area (Å²) in [7, 11) is 2.32. The molecule has 17 heavy (non-hydrogen) atoms. The molecule has 0 radical (unpaired) electrons. The number of rotatable bonds is 6. The van der Waals surface area contributed by atoms with Crippen molar-refractivity contribution in [1.29, 1.82) is 0 Å². The lowest BCUT2D eigenvalue weighted by molar-refractivity contribution is 0.119. The Bertz CT molecular complexity index is 208. The van der Waals surface area contributed by atoms with Gasteiger partial charge in [0, 0.05) is 19.1 Å². The summed E-state index contributed by atoms with van der Waals surface area (Å²) in [6, 6.07) is 0.823. The van der Waals surface area contributed by atoms with Crippen molar-refractivity contribution >= 4 is 0 Å². The van der Waals surface area contributed by atoms with Crippen molar-refractivity contribution in [3.63, 3.8) is 0 Å². The van der Waals surface area contributed by atoms with Gasteiger partial charge in [-0.05, 0) is 51.9 Å². The summed E-state index contributed by atoms with van der Waals surface area (Å²) < 4.78 is 0. The molecule has 0 amide bonds. The first kappa shape index (κ1) is 13.3. The second-order valence-corrected chi connectivity index (χ2v) is 5.93. The zero-order valence-corrected chi connectivity index (χ0v) is 11.4. The van der Waals surface area contributed by atoms with Crippen molar-refractivity contribution in [3.8, 4) is 0 Å². The van der Waals surface area contributed by atoms with Crippen LogP contribution in [0.3, 0.4) is 0 Å². The Kier molecular flexibility index (Phi) is 5.26. The highest BCUT2D eigenvalue weighted by atomic mass is 15.2. The van der Waals surface area contributed by atoms with E-state index >= 15 is 0 Å². The molecule has 2 fully saturated rings. The van der Waals surface area contributed by atoms with E-state index < -0.39 is 0 Å². The Labute approximate surface area is 106 Å². The molecule has 1 aliphatic carbocycles. The van der Waals surface area contributed by atoms with Crippen LogP contribution < -0.4 is 5.73 Å². The summed E-state index contributed by atoms with van der Waals surface area (Å²) >= 11 is 0. The first-order valence-corrected chi connectivity index (χ1v) is 7.42. The summed E-state index contributed by atoms with van der Waals surface area (Å²) in [4.78, 5) is 5.12. The van der Waals surface area contributed by atoms with Crippen LogP contribution in [0.25, 0.3) is 0 Å². The van der Waals surface area contributed by atoms with Gasteiger partial charge in [0.05, 0.1) is 0 Å². The lowest BCUT2D eigenvalue weighted by Crippen LogP contribution is -2.45. The van der Waals surface area contributed by atoms with Crippen LogP contribution in [0.1, 0.15) is 38.5 Å². The van der Waals surface area contributed by atoms with Crippen molar-refractivity contribution in [2.75, 3.05) is 39.8 Å². The minimum Gasteiger partial charge on any atom is -0.329 e. The quantitative estimate of drug-likeness (QED) is 0.763. The maximum Gasteiger partial charge on any atom is 0.0117 e. The first-order chi connectivity index (χ1) is 8.29. The Balaban J connectivity index is 1.61. The molecule has 0 aromatic carbocycles. The van der Waals surface area contributed by atoms with Crippen LogP contribution in [0.2, 0.25) is 0 Å². The fourth-order valence-corrected chi connectivity index (χ4v) is 3.12. The van der Waals surface area contributed by atoms with E-state index in [1.165, 1.54) is 58.2 Å². The Morgan fingerprint density at radius 2 is 1.88 bits per heavy atom. The van der Waals surface area contributed by atoms with Crippen LogP contribution in [0.5, 0.6) is 0 Å². The SMILES string of the molecule is CN(CCC1CCC1)C1CCN(CCN)CC1. The maximum atomic E-state index is 5.60. The van der Waals surface area contributed by atoms with Crippen LogP contribution >= 0.6 is 0 Å². The van der Waals surface area contributed by atoms with Crippen LogP contribution in [0.4, 0.5) is 0 Å². The molecular formula is C14H29N3. The number of hydrogen-bond acceptors (Lipinski definition) is 3. The topological polar surface area (TPSA) is 32.5 Å². The Morgan fingerprint density at radius 1 is 1.18 bits per heavy atom. The van der Waals surface area contributed by atoms with E-state index in [-0.39, 0.29) is 0 Å². The highest BCUT2D eigenvalue weighted by molar-refractivity contribution is 4.79. The van der Waals surface area contributed by atoms with Gasteiger partial charge < -0.3 is 15.5 Å². The van der Waals surface area contributed by atoms with Gasteiger partial charge in [0.25, 0.3) is 0 Å². The van der Waals surface area contributed by atoms with Gasteiger partial charge in [-0.25, -0.2) is 0 Å². The molecule has 0 aromatic heterocycles. The van der Waals surface area contributed by atoms with Crippen molar-refractivity contribution in [2.24, 2.45) is 11.7 Å². The van der Waals surface area contributed by atoms with Crippen LogP contribution in [-0.4, -0.2) is 55.6 Å². The maximum absolute atomic E-state index is 5.60. The smallest absolute Gasteiger partial charge is 0.0117 e. The lowest BCUT2D eigenvalue weighted by Gasteiger charge is -2.37. The number of piperidine rings is 1. The standard InChI is InChI=1S/C14H29N3/c1-16(9-5-13-3-2-4-13)14-6-10-17(11-7-14)12-8-15/h13-14H,2-12,15H2,1H3. The zero-order chi connectivity index (χ0) is 12.1. The van der Waals surface area contributed by atoms with Crippen molar-refractivity contribution < 1.29 is 0 Å². The fraction of sp³-hybridized carbons (Fsp3) is 1.00. The predicted molar refractivity (Wildman–Crippen MR) is 73.1 cm³/mol. The summed E-state index contributed by atoms with van der Waals surface area (Å²) in [6.07, 6.45) is 8.55. The Hall–Kier alpha value is -0.120. The average Bonchev–Trinajstić information content (AvgIpc) is 2.28. The number of nitrogens with two attached hydrogens (primary N) is 1. The van der Waals surface area contributed by atoms with Gasteiger partial charge in [-0.1, -0.05) is 19.3 Å². The van der Waals surface area contributed by atoms with E-state index in [1.807, 2.05) is 0 Å². The van der Waals surface area contributed by atoms with Gasteiger partial charge in [0.1, 0.15) is 0 Å². The molecule has 3 nitrogen and oxygen atoms in total. The largest absolute Gasteiger partial charge is 0.329 e. The summed E-state index contributed by atoms with van der Waals surface area (Å²) in [6.45, 7) is 5.69. The molecule has 0 unspecified atom stereocenters. The molecule has 1 saturated carbocycles. The third-order valence-electron chi connectivity index (χ3n) is 4.74. The molecule has 0 aromatic rings. The zero-order valence-electron chi connectivity index (χ0n) is 11.4. The second-order valence-electron chi connectivity index (χ2n) is 5.93. The minimum atomic E-state index is 0.808. The third-order valence-corrected chi connectivity index (χ3v) is 4.74. The van der Waals surface area contributed by atoms with Crippen molar-refractivity contribution in [1.82, 2.24) is 9.80 Å². The molecule has 0 spiro atoms. The molecule has 0 atom stereocenters. The molecule has 100 valence electrons. The highest BCUT2D eigenvalue weighted by Crippen LogP contribution is 2.29. The second kappa shape index (κ2) is 6.72. The van der Waals surface area contributed by atoms with Crippen LogP contribution in [0.15, 0.2) is 0 Å². The first-order valence-electron chi connectivity index (χ1n) is 7.42. The van der Waals surface area contributed by atoms with E-state index in [9.17, 15) is 0 Å². The molecule has 1 aliphatic heterocycles. The fourth-order valence-electron chi connectivity index (χ4n) is 3.12. The summed E-state index contributed by atoms with van der Waals surface area (Å²) in [5.41, 5.74) is 5.60. The van der Waals surface area contributed by atoms with Gasteiger partial charge in [-0.15, -0.1) is 0 Å². The van der Waals surface area contributed by atoms with Crippen LogP contribution in [-0.2, 0) is 0 Å². The summed E-state index contributed by atoms with van der Waals surface area (Å²) in [5.74, 6) is 1.05. The molecule has 2 N–H and O–H groups in total. The van der Waals surface area contributed by atoms with E-state index in [0.717, 1.165) is 25.0 Å². The van der Waals surface area contributed by atoms with Gasteiger partial charge in [0.2, 0.25) is 0 Å². The van der Waals surface area contributed by atoms with Gasteiger partial charge in [-0.2, -0.15) is 0 Å². The lowest BCUT2D eigenvalue weighted by atomic mass is 9.83. The molecule has 0 bridgehead atoms. The number of hydrogen-bond donors (Lipinski definition) is 1. The van der Waals surface area contributed by atoms with E-state index in [4.69, 9.17) is 5.73 Å². The molecule has 2 rings (SSSR count). The average molecular weight is 239 g/mol. The van der Waals surface area contributed by atoms with Gasteiger partial charge in [0.15, 0.2) is 0 Å². The monoisotopic (exact) mass is 239 g/mol. The molecule has 2 aliphatic rings. The van der Waals surface area contributed by atoms with Gasteiger partial charge >= 0.3 is 0 Å². The molecule has 1 heterocycles. The van der Waals surface area contributed by atoms with Crippen LogP contribution in [0, 0.1) is 5.92 Å². The van der Waals surface area contributed by atoms with Gasteiger partial charge in [-0.3, -0.25) is 0 Å². The third kappa shape index (κ3) is 3.94. The van der Waals surface area contributed by atoms with Crippen molar-refractivity contribution in [2.45, 2.75) is 44.6 Å².